The normalized spacial score (nSPS) is 18.0. The van der Waals surface area contributed by atoms with E-state index in [4.69, 9.17) is 10.1 Å². The molecule has 0 aromatic carbocycles. The molecule has 1 atom stereocenters. The van der Waals surface area contributed by atoms with Crippen molar-refractivity contribution >= 4 is 17.0 Å². The van der Waals surface area contributed by atoms with Gasteiger partial charge in [0.15, 0.2) is 11.5 Å². The molecule has 0 saturated carbocycles. The summed E-state index contributed by atoms with van der Waals surface area (Å²) in [6.45, 7) is 5.21. The number of hydrogen-bond acceptors (Lipinski definition) is 6. The molecule has 1 aliphatic heterocycles. The van der Waals surface area contributed by atoms with Crippen molar-refractivity contribution in [3.8, 4) is 11.1 Å². The highest BCUT2D eigenvalue weighted by atomic mass is 32.1. The summed E-state index contributed by atoms with van der Waals surface area (Å²) in [7, 11) is 0. The van der Waals surface area contributed by atoms with Gasteiger partial charge >= 0.3 is 0 Å². The van der Waals surface area contributed by atoms with Crippen molar-refractivity contribution in [3.05, 3.63) is 64.8 Å². The molecule has 0 bridgehead atoms. The number of pyridine rings is 2. The van der Waals surface area contributed by atoms with E-state index in [2.05, 4.69) is 34.1 Å². The minimum Gasteiger partial charge on any atom is -0.297 e. The lowest BCUT2D eigenvalue weighted by Gasteiger charge is -2.31. The second kappa shape index (κ2) is 7.41. The van der Waals surface area contributed by atoms with Gasteiger partial charge in [-0.2, -0.15) is 5.10 Å². The summed E-state index contributed by atoms with van der Waals surface area (Å²) >= 11 is 1.75. The quantitative estimate of drug-likeness (QED) is 0.528. The molecule has 4 aromatic rings. The number of rotatable bonds is 4. The predicted octanol–water partition coefficient (Wildman–Crippen LogP) is 3.94. The summed E-state index contributed by atoms with van der Waals surface area (Å²) in [5.41, 5.74) is 6.26. The number of nitrogens with zero attached hydrogens (tertiary/aromatic N) is 6. The summed E-state index contributed by atoms with van der Waals surface area (Å²) in [6, 6.07) is 8.18. The maximum absolute atomic E-state index is 4.83. The maximum Gasteiger partial charge on any atom is 0.156 e. The first-order valence-electron chi connectivity index (χ1n) is 9.64. The van der Waals surface area contributed by atoms with Gasteiger partial charge in [0, 0.05) is 48.0 Å². The van der Waals surface area contributed by atoms with E-state index in [1.807, 2.05) is 40.6 Å². The Labute approximate surface area is 167 Å². The molecule has 0 spiro atoms. The number of fused-ring (bicyclic) bond motifs is 1. The van der Waals surface area contributed by atoms with Gasteiger partial charge in [-0.05, 0) is 56.1 Å². The third-order valence-corrected chi connectivity index (χ3v) is 6.36. The van der Waals surface area contributed by atoms with Crippen molar-refractivity contribution in [3.63, 3.8) is 0 Å². The van der Waals surface area contributed by atoms with Gasteiger partial charge in [0.25, 0.3) is 0 Å². The lowest BCUT2D eigenvalue weighted by Crippen LogP contribution is -2.34. The zero-order valence-corrected chi connectivity index (χ0v) is 16.6. The third-order valence-electron chi connectivity index (χ3n) is 5.44. The number of hydrogen-bond donors (Lipinski definition) is 0. The monoisotopic (exact) mass is 390 g/mol. The van der Waals surface area contributed by atoms with Crippen molar-refractivity contribution in [1.29, 1.82) is 0 Å². The van der Waals surface area contributed by atoms with Crippen molar-refractivity contribution in [2.45, 2.75) is 32.2 Å². The van der Waals surface area contributed by atoms with Gasteiger partial charge in [-0.15, -0.1) is 11.3 Å². The van der Waals surface area contributed by atoms with Crippen LogP contribution in [0, 0.1) is 6.92 Å². The molecule has 7 heteroatoms. The highest BCUT2D eigenvalue weighted by molar-refractivity contribution is 7.09. The molecule has 1 saturated heterocycles. The van der Waals surface area contributed by atoms with Gasteiger partial charge in [-0.25, -0.2) is 14.5 Å². The molecule has 28 heavy (non-hydrogen) atoms. The summed E-state index contributed by atoms with van der Waals surface area (Å²) in [6.07, 6.45) is 8.01. The summed E-state index contributed by atoms with van der Waals surface area (Å²) < 4.78 is 1.91. The van der Waals surface area contributed by atoms with Crippen LogP contribution in [-0.4, -0.2) is 42.6 Å². The number of likely N-dealkylation sites (tertiary alicyclic amines) is 1. The smallest absolute Gasteiger partial charge is 0.156 e. The van der Waals surface area contributed by atoms with E-state index in [0.717, 1.165) is 54.3 Å². The molecule has 5 heterocycles. The summed E-state index contributed by atoms with van der Waals surface area (Å²) in [5.74, 6) is 1.34. The Morgan fingerprint density at radius 3 is 2.86 bits per heavy atom. The fourth-order valence-electron chi connectivity index (χ4n) is 3.88. The van der Waals surface area contributed by atoms with Gasteiger partial charge in [-0.1, -0.05) is 0 Å². The first-order valence-corrected chi connectivity index (χ1v) is 10.5. The summed E-state index contributed by atoms with van der Waals surface area (Å²) in [4.78, 5) is 17.2. The molecule has 142 valence electrons. The average molecular weight is 391 g/mol. The Balaban J connectivity index is 1.37. The molecule has 6 nitrogen and oxygen atoms in total. The van der Waals surface area contributed by atoms with E-state index in [-0.39, 0.29) is 0 Å². The van der Waals surface area contributed by atoms with E-state index in [0.29, 0.717) is 5.92 Å². The Bertz CT molecular complexity index is 1090. The number of aryl methyl sites for hydroxylation is 1. The first kappa shape index (κ1) is 17.5. The zero-order chi connectivity index (χ0) is 18.9. The first-order chi connectivity index (χ1) is 13.8. The Morgan fingerprint density at radius 2 is 2.04 bits per heavy atom. The van der Waals surface area contributed by atoms with Crippen LogP contribution in [0.4, 0.5) is 0 Å². The molecule has 0 aliphatic carbocycles. The van der Waals surface area contributed by atoms with Gasteiger partial charge < -0.3 is 0 Å². The fraction of sp³-hybridized carbons (Fsp3) is 0.333. The van der Waals surface area contributed by atoms with Gasteiger partial charge in [0.05, 0.1) is 11.2 Å². The predicted molar refractivity (Wildman–Crippen MR) is 110 cm³/mol. The maximum atomic E-state index is 4.83. The van der Waals surface area contributed by atoms with Gasteiger partial charge in [-0.3, -0.25) is 9.88 Å². The van der Waals surface area contributed by atoms with Crippen LogP contribution in [0.1, 0.15) is 35.2 Å². The molecular formula is C21H22N6S. The molecule has 0 radical (unpaired) electrons. The summed E-state index contributed by atoms with van der Waals surface area (Å²) in [5, 5.41) is 4.83. The standard InChI is InChI=1S/C21H22N6S/c1-15-19(28-14-23-15)13-26-10-2-3-18(11-26)21-24-20-5-4-17(12-27(20)25-21)16-6-8-22-9-7-16/h4-9,12,14,18H,2-3,10-11,13H2,1H3/t18-/m0/s1. The number of piperidine rings is 1. The minimum absolute atomic E-state index is 0.381. The lowest BCUT2D eigenvalue weighted by atomic mass is 9.97. The molecular weight excluding hydrogens is 368 g/mol. The molecule has 1 fully saturated rings. The van der Waals surface area contributed by atoms with Crippen LogP contribution in [-0.2, 0) is 6.54 Å². The fourth-order valence-corrected chi connectivity index (χ4v) is 4.70. The Hall–Kier alpha value is -2.64. The van der Waals surface area contributed by atoms with Crippen molar-refractivity contribution in [2.75, 3.05) is 13.1 Å². The van der Waals surface area contributed by atoms with E-state index < -0.39 is 0 Å². The van der Waals surface area contributed by atoms with Crippen LogP contribution in [0.2, 0.25) is 0 Å². The second-order valence-corrected chi connectivity index (χ2v) is 8.30. The van der Waals surface area contributed by atoms with Gasteiger partial charge in [0.1, 0.15) is 0 Å². The highest BCUT2D eigenvalue weighted by Gasteiger charge is 2.25. The Morgan fingerprint density at radius 1 is 1.14 bits per heavy atom. The SMILES string of the molecule is Cc1ncsc1CN1CCC[C@H](c2nc3ccc(-c4ccncc4)cn3n2)C1. The average Bonchev–Trinajstić information content (AvgIpc) is 3.34. The van der Waals surface area contributed by atoms with Crippen LogP contribution in [0.3, 0.4) is 0 Å². The van der Waals surface area contributed by atoms with E-state index >= 15 is 0 Å². The van der Waals surface area contributed by atoms with Crippen LogP contribution in [0.25, 0.3) is 16.8 Å². The van der Waals surface area contributed by atoms with Crippen molar-refractivity contribution in [2.24, 2.45) is 0 Å². The number of aromatic nitrogens is 5. The second-order valence-electron chi connectivity index (χ2n) is 7.36. The highest BCUT2D eigenvalue weighted by Crippen LogP contribution is 2.28. The van der Waals surface area contributed by atoms with Crippen molar-refractivity contribution < 1.29 is 0 Å². The molecule has 5 rings (SSSR count). The number of thiazole rings is 1. The van der Waals surface area contributed by atoms with Gasteiger partial charge in [0.2, 0.25) is 0 Å². The molecule has 0 amide bonds. The molecule has 0 unspecified atom stereocenters. The molecule has 0 N–H and O–H groups in total. The largest absolute Gasteiger partial charge is 0.297 e. The minimum atomic E-state index is 0.381. The molecule has 4 aromatic heterocycles. The van der Waals surface area contributed by atoms with Crippen LogP contribution in [0.5, 0.6) is 0 Å². The van der Waals surface area contributed by atoms with E-state index in [1.54, 1.807) is 11.3 Å². The lowest BCUT2D eigenvalue weighted by molar-refractivity contribution is 0.198. The molecule has 1 aliphatic rings. The van der Waals surface area contributed by atoms with E-state index in [9.17, 15) is 0 Å². The Kier molecular flexibility index (Phi) is 4.62. The topological polar surface area (TPSA) is 59.2 Å². The zero-order valence-electron chi connectivity index (χ0n) is 15.8. The van der Waals surface area contributed by atoms with Crippen LogP contribution >= 0.6 is 11.3 Å². The third kappa shape index (κ3) is 3.43. The van der Waals surface area contributed by atoms with E-state index in [1.165, 1.54) is 11.3 Å². The van der Waals surface area contributed by atoms with Crippen LogP contribution in [0.15, 0.2) is 48.4 Å². The van der Waals surface area contributed by atoms with Crippen LogP contribution < -0.4 is 0 Å². The van der Waals surface area contributed by atoms with Crippen molar-refractivity contribution in [1.82, 2.24) is 29.5 Å².